The lowest BCUT2D eigenvalue weighted by molar-refractivity contribution is -0.177. The average molecular weight is 267 g/mol. The highest BCUT2D eigenvalue weighted by Gasteiger charge is 2.27. The van der Waals surface area contributed by atoms with Gasteiger partial charge in [-0.1, -0.05) is 18.5 Å². The molecule has 0 fully saturated rings. The molecule has 0 amide bonds. The second kappa shape index (κ2) is 6.69. The van der Waals surface area contributed by atoms with E-state index in [9.17, 15) is 13.2 Å². The maximum absolute atomic E-state index is 11.8. The van der Waals surface area contributed by atoms with Gasteiger partial charge in [0, 0.05) is 12.5 Å². The van der Waals surface area contributed by atoms with Gasteiger partial charge in [0.25, 0.3) is 0 Å². The monoisotopic (exact) mass is 267 g/mol. The number of ether oxygens (including phenoxy) is 1. The number of hydrogen-bond donors (Lipinski definition) is 1. The van der Waals surface area contributed by atoms with Gasteiger partial charge < -0.3 is 15.0 Å². The van der Waals surface area contributed by atoms with Crippen molar-refractivity contribution in [3.8, 4) is 0 Å². The Morgan fingerprint density at radius 2 is 2.17 bits per heavy atom. The van der Waals surface area contributed by atoms with Gasteiger partial charge in [-0.05, 0) is 6.42 Å². The largest absolute Gasteiger partial charge is 0.411 e. The molecule has 1 aromatic rings. The van der Waals surface area contributed by atoms with E-state index in [1.807, 2.05) is 6.92 Å². The number of halogens is 3. The summed E-state index contributed by atoms with van der Waals surface area (Å²) in [6.45, 7) is 0.350. The Balaban J connectivity index is 2.34. The summed E-state index contributed by atoms with van der Waals surface area (Å²) in [7, 11) is 0. The molecule has 0 aliphatic rings. The van der Waals surface area contributed by atoms with Crippen LogP contribution in [0.15, 0.2) is 4.52 Å². The molecule has 18 heavy (non-hydrogen) atoms. The number of nitrogens with two attached hydrogens (primary N) is 1. The van der Waals surface area contributed by atoms with Crippen molar-refractivity contribution < 1.29 is 22.4 Å². The zero-order chi connectivity index (χ0) is 13.6. The lowest BCUT2D eigenvalue weighted by atomic mass is 10.1. The zero-order valence-corrected chi connectivity index (χ0v) is 10.0. The van der Waals surface area contributed by atoms with Gasteiger partial charge in [0.15, 0.2) is 5.82 Å². The van der Waals surface area contributed by atoms with Crippen LogP contribution >= 0.6 is 0 Å². The highest BCUT2D eigenvalue weighted by atomic mass is 19.4. The van der Waals surface area contributed by atoms with Crippen LogP contribution in [0.3, 0.4) is 0 Å². The summed E-state index contributed by atoms with van der Waals surface area (Å²) in [4.78, 5) is 3.90. The Labute approximate surface area is 102 Å². The molecule has 5 nitrogen and oxygen atoms in total. The van der Waals surface area contributed by atoms with Crippen molar-refractivity contribution in [1.29, 1.82) is 0 Å². The Bertz CT molecular complexity index is 354. The molecule has 0 radical (unpaired) electrons. The molecule has 1 unspecified atom stereocenters. The van der Waals surface area contributed by atoms with Gasteiger partial charge in [0.05, 0.1) is 0 Å². The molecule has 0 bridgehead atoms. The third-order valence-electron chi connectivity index (χ3n) is 2.10. The average Bonchev–Trinajstić information content (AvgIpc) is 2.64. The van der Waals surface area contributed by atoms with Gasteiger partial charge in [0.1, 0.15) is 13.2 Å². The van der Waals surface area contributed by atoms with Gasteiger partial charge >= 0.3 is 6.18 Å². The lowest BCUT2D eigenvalue weighted by Crippen LogP contribution is -2.22. The van der Waals surface area contributed by atoms with Gasteiger partial charge in [-0.15, -0.1) is 0 Å². The molecule has 0 spiro atoms. The second-order valence-electron chi connectivity index (χ2n) is 3.97. The van der Waals surface area contributed by atoms with E-state index in [0.717, 1.165) is 12.8 Å². The van der Waals surface area contributed by atoms with Crippen molar-refractivity contribution in [2.45, 2.75) is 45.0 Å². The summed E-state index contributed by atoms with van der Waals surface area (Å²) >= 11 is 0. The normalized spacial score (nSPS) is 13.8. The minimum absolute atomic E-state index is 0.0839. The third kappa shape index (κ3) is 5.97. The molecular weight excluding hydrogens is 251 g/mol. The van der Waals surface area contributed by atoms with E-state index in [1.54, 1.807) is 0 Å². The molecule has 1 aromatic heterocycles. The van der Waals surface area contributed by atoms with Crippen molar-refractivity contribution in [2.75, 3.05) is 6.61 Å². The van der Waals surface area contributed by atoms with Crippen LogP contribution in [0.2, 0.25) is 0 Å². The van der Waals surface area contributed by atoms with Crippen molar-refractivity contribution in [2.24, 2.45) is 5.73 Å². The summed E-state index contributed by atoms with van der Waals surface area (Å²) in [5.41, 5.74) is 5.77. The first-order valence-electron chi connectivity index (χ1n) is 5.62. The first-order valence-corrected chi connectivity index (χ1v) is 5.62. The predicted molar refractivity (Wildman–Crippen MR) is 56.6 cm³/mol. The van der Waals surface area contributed by atoms with Gasteiger partial charge in [0.2, 0.25) is 5.89 Å². The van der Waals surface area contributed by atoms with E-state index in [0.29, 0.717) is 12.3 Å². The number of hydrogen-bond acceptors (Lipinski definition) is 5. The molecular formula is C10H16F3N3O2. The minimum Gasteiger partial charge on any atom is -0.364 e. The van der Waals surface area contributed by atoms with Gasteiger partial charge in [-0.3, -0.25) is 0 Å². The standard InChI is InChI=1S/C10H16F3N3O2/c1-2-3-7(14)4-9-15-8(16-18-9)5-17-6-10(11,12)13/h7H,2-6,14H2,1H3. The highest BCUT2D eigenvalue weighted by Crippen LogP contribution is 2.15. The maximum Gasteiger partial charge on any atom is 0.411 e. The summed E-state index contributed by atoms with van der Waals surface area (Å²) < 4.78 is 44.7. The Morgan fingerprint density at radius 3 is 2.78 bits per heavy atom. The van der Waals surface area contributed by atoms with Crippen LogP contribution in [-0.4, -0.2) is 29.0 Å². The fraction of sp³-hybridized carbons (Fsp3) is 0.800. The van der Waals surface area contributed by atoms with E-state index in [4.69, 9.17) is 10.3 Å². The molecule has 1 atom stereocenters. The smallest absolute Gasteiger partial charge is 0.364 e. The third-order valence-corrected chi connectivity index (χ3v) is 2.10. The minimum atomic E-state index is -4.35. The fourth-order valence-corrected chi connectivity index (χ4v) is 1.39. The molecule has 0 aliphatic carbocycles. The number of alkyl halides is 3. The summed E-state index contributed by atoms with van der Waals surface area (Å²) in [6, 6.07) is -0.0839. The van der Waals surface area contributed by atoms with Crippen LogP contribution in [0.5, 0.6) is 0 Å². The molecule has 0 aliphatic heterocycles. The maximum atomic E-state index is 11.8. The van der Waals surface area contributed by atoms with E-state index in [2.05, 4.69) is 14.9 Å². The highest BCUT2D eigenvalue weighted by molar-refractivity contribution is 4.87. The van der Waals surface area contributed by atoms with Crippen molar-refractivity contribution in [3.63, 3.8) is 0 Å². The Kier molecular flexibility index (Phi) is 5.54. The lowest BCUT2D eigenvalue weighted by Gasteiger charge is -2.05. The van der Waals surface area contributed by atoms with Crippen LogP contribution in [0.4, 0.5) is 13.2 Å². The quantitative estimate of drug-likeness (QED) is 0.815. The van der Waals surface area contributed by atoms with E-state index in [-0.39, 0.29) is 18.5 Å². The fourth-order valence-electron chi connectivity index (χ4n) is 1.39. The molecule has 8 heteroatoms. The summed E-state index contributed by atoms with van der Waals surface area (Å²) in [5.74, 6) is 0.416. The summed E-state index contributed by atoms with van der Waals surface area (Å²) in [5, 5.41) is 3.51. The molecule has 2 N–H and O–H groups in total. The first-order chi connectivity index (χ1) is 8.40. The van der Waals surface area contributed by atoms with Gasteiger partial charge in [-0.2, -0.15) is 18.2 Å². The van der Waals surface area contributed by atoms with E-state index in [1.165, 1.54) is 0 Å². The van der Waals surface area contributed by atoms with E-state index < -0.39 is 12.8 Å². The van der Waals surface area contributed by atoms with Gasteiger partial charge in [-0.25, -0.2) is 0 Å². The Hall–Kier alpha value is -1.15. The number of rotatable bonds is 7. The topological polar surface area (TPSA) is 74.2 Å². The number of aromatic nitrogens is 2. The SMILES string of the molecule is CCCC(N)Cc1nc(COCC(F)(F)F)no1. The predicted octanol–water partition coefficient (Wildman–Crippen LogP) is 1.82. The van der Waals surface area contributed by atoms with Crippen LogP contribution in [0.1, 0.15) is 31.5 Å². The van der Waals surface area contributed by atoms with Crippen LogP contribution < -0.4 is 5.73 Å². The van der Waals surface area contributed by atoms with Crippen molar-refractivity contribution >= 4 is 0 Å². The molecule has 0 saturated heterocycles. The molecule has 0 saturated carbocycles. The Morgan fingerprint density at radius 1 is 1.44 bits per heavy atom. The number of nitrogens with zero attached hydrogens (tertiary/aromatic N) is 2. The van der Waals surface area contributed by atoms with Crippen LogP contribution in [-0.2, 0) is 17.8 Å². The second-order valence-corrected chi connectivity index (χ2v) is 3.97. The first kappa shape index (κ1) is 14.9. The van der Waals surface area contributed by atoms with Crippen molar-refractivity contribution in [1.82, 2.24) is 10.1 Å². The molecule has 1 rings (SSSR count). The molecule has 0 aromatic carbocycles. The van der Waals surface area contributed by atoms with Crippen molar-refractivity contribution in [3.05, 3.63) is 11.7 Å². The van der Waals surface area contributed by atoms with Crippen LogP contribution in [0, 0.1) is 0 Å². The van der Waals surface area contributed by atoms with E-state index >= 15 is 0 Å². The molecule has 104 valence electrons. The van der Waals surface area contributed by atoms with Crippen LogP contribution in [0.25, 0.3) is 0 Å². The summed E-state index contributed by atoms with van der Waals surface area (Å²) in [6.07, 6.45) is -2.17. The zero-order valence-electron chi connectivity index (χ0n) is 10.0. The molecule has 1 heterocycles.